The van der Waals surface area contributed by atoms with Gasteiger partial charge in [-0.2, -0.15) is 0 Å². The maximum atomic E-state index is 11.1. The van der Waals surface area contributed by atoms with Gasteiger partial charge in [0.05, 0.1) is 19.8 Å². The predicted molar refractivity (Wildman–Crippen MR) is 64.8 cm³/mol. The first-order chi connectivity index (χ1) is 8.06. The summed E-state index contributed by atoms with van der Waals surface area (Å²) in [5.41, 5.74) is 4.45. The smallest absolute Gasteiger partial charge is 0.239 e. The Morgan fingerprint density at radius 1 is 1.24 bits per heavy atom. The van der Waals surface area contributed by atoms with Gasteiger partial charge in [-0.15, -0.1) is 0 Å². The van der Waals surface area contributed by atoms with Gasteiger partial charge < -0.3 is 25.3 Å². The van der Waals surface area contributed by atoms with Gasteiger partial charge in [-0.1, -0.05) is 0 Å². The number of nitrogens with two attached hydrogens (primary N) is 1. The fraction of sp³-hybridized carbons (Fsp3) is 0.909. The molecule has 0 heterocycles. The molecule has 0 saturated heterocycles. The minimum Gasteiger partial charge on any atom is -0.382 e. The molecule has 0 aromatic rings. The number of rotatable bonds is 11. The van der Waals surface area contributed by atoms with E-state index in [4.69, 9.17) is 19.9 Å². The maximum absolute atomic E-state index is 11.1. The summed E-state index contributed by atoms with van der Waals surface area (Å²) in [6.45, 7) is 4.32. The van der Waals surface area contributed by atoms with E-state index in [1.807, 2.05) is 0 Å². The number of hydrogen-bond acceptors (Lipinski definition) is 5. The van der Waals surface area contributed by atoms with Gasteiger partial charge in [-0.05, 0) is 20.4 Å². The molecule has 3 N–H and O–H groups in total. The van der Waals surface area contributed by atoms with E-state index in [2.05, 4.69) is 5.32 Å². The summed E-state index contributed by atoms with van der Waals surface area (Å²) >= 11 is 0. The van der Waals surface area contributed by atoms with Crippen molar-refractivity contribution in [1.29, 1.82) is 0 Å². The molecular weight excluding hydrogens is 224 g/mol. The molecule has 0 aromatic heterocycles. The van der Waals surface area contributed by atoms with Gasteiger partial charge in [0.2, 0.25) is 5.91 Å². The fourth-order valence-corrected chi connectivity index (χ4v) is 1.05. The van der Waals surface area contributed by atoms with Gasteiger partial charge in [0.15, 0.2) is 0 Å². The number of carbonyl (C=O) groups is 1. The van der Waals surface area contributed by atoms with Crippen LogP contribution in [0.2, 0.25) is 0 Å². The summed E-state index contributed by atoms with van der Waals surface area (Å²) in [5.74, 6) is -0.420. The van der Waals surface area contributed by atoms with Crippen LogP contribution >= 0.6 is 0 Å². The number of hydrogen-bond donors (Lipinski definition) is 2. The van der Waals surface area contributed by atoms with Crippen LogP contribution in [0.1, 0.15) is 13.3 Å². The third-order valence-electron chi connectivity index (χ3n) is 2.50. The molecule has 1 amide bonds. The maximum Gasteiger partial charge on any atom is 0.239 e. The molecule has 0 radical (unpaired) electrons. The Morgan fingerprint density at radius 2 is 1.88 bits per heavy atom. The molecule has 0 bridgehead atoms. The zero-order valence-electron chi connectivity index (χ0n) is 11.0. The molecule has 17 heavy (non-hydrogen) atoms. The van der Waals surface area contributed by atoms with Crippen molar-refractivity contribution >= 4 is 5.91 Å². The molecule has 0 aliphatic carbocycles. The number of carbonyl (C=O) groups excluding carboxylic acids is 1. The van der Waals surface area contributed by atoms with E-state index in [1.54, 1.807) is 21.1 Å². The third-order valence-corrected chi connectivity index (χ3v) is 2.50. The van der Waals surface area contributed by atoms with E-state index >= 15 is 0 Å². The van der Waals surface area contributed by atoms with Crippen molar-refractivity contribution in [3.05, 3.63) is 0 Å². The number of primary amides is 1. The molecule has 0 aromatic carbocycles. The largest absolute Gasteiger partial charge is 0.382 e. The molecule has 0 aliphatic heterocycles. The van der Waals surface area contributed by atoms with Crippen LogP contribution in [0.15, 0.2) is 0 Å². The second-order valence-corrected chi connectivity index (χ2v) is 3.96. The third kappa shape index (κ3) is 7.27. The van der Waals surface area contributed by atoms with Crippen molar-refractivity contribution in [3.8, 4) is 0 Å². The molecule has 6 heteroatoms. The average Bonchev–Trinajstić information content (AvgIpc) is 2.32. The highest BCUT2D eigenvalue weighted by atomic mass is 16.5. The number of ether oxygens (including phenoxy) is 3. The highest BCUT2D eigenvalue weighted by Crippen LogP contribution is 2.02. The second kappa shape index (κ2) is 9.35. The first-order valence-corrected chi connectivity index (χ1v) is 5.70. The highest BCUT2D eigenvalue weighted by molar-refractivity contribution is 5.84. The normalized spacial score (nSPS) is 14.5. The number of nitrogens with one attached hydrogen (secondary N) is 1. The quantitative estimate of drug-likeness (QED) is 0.483. The Morgan fingerprint density at radius 3 is 2.41 bits per heavy atom. The monoisotopic (exact) mass is 248 g/mol. The van der Waals surface area contributed by atoms with Crippen LogP contribution in [-0.2, 0) is 19.0 Å². The summed E-state index contributed by atoms with van der Waals surface area (Å²) in [5, 5.41) is 2.85. The second-order valence-electron chi connectivity index (χ2n) is 3.96. The molecular formula is C11H24N2O4. The highest BCUT2D eigenvalue weighted by Gasteiger charge is 2.28. The molecule has 0 saturated carbocycles. The summed E-state index contributed by atoms with van der Waals surface area (Å²) in [4.78, 5) is 11.1. The molecule has 0 spiro atoms. The Hall–Kier alpha value is -0.690. The van der Waals surface area contributed by atoms with Gasteiger partial charge in [0.1, 0.15) is 5.54 Å². The standard InChI is InChI=1S/C11H24N2O4/c1-11(13-2,10(12)14)9-17-6-4-5-16-8-7-15-3/h13H,4-9H2,1-3H3,(H2,12,14). The van der Waals surface area contributed by atoms with Crippen LogP contribution in [0.4, 0.5) is 0 Å². The number of amides is 1. The van der Waals surface area contributed by atoms with Crippen molar-refractivity contribution in [2.45, 2.75) is 18.9 Å². The van der Waals surface area contributed by atoms with Crippen LogP contribution < -0.4 is 11.1 Å². The van der Waals surface area contributed by atoms with Crippen molar-refractivity contribution in [1.82, 2.24) is 5.32 Å². The molecule has 1 atom stereocenters. The summed E-state index contributed by atoms with van der Waals surface area (Å²) in [6.07, 6.45) is 0.780. The van der Waals surface area contributed by atoms with Gasteiger partial charge in [0, 0.05) is 20.3 Å². The van der Waals surface area contributed by atoms with Crippen LogP contribution in [0, 0.1) is 0 Å². The minimum absolute atomic E-state index is 0.261. The molecule has 0 fully saturated rings. The lowest BCUT2D eigenvalue weighted by atomic mass is 10.0. The average molecular weight is 248 g/mol. The summed E-state index contributed by atoms with van der Waals surface area (Å²) < 4.78 is 15.5. The first kappa shape index (κ1) is 16.3. The molecule has 6 nitrogen and oxygen atoms in total. The number of likely N-dealkylation sites (N-methyl/N-ethyl adjacent to an activating group) is 1. The van der Waals surface area contributed by atoms with Crippen LogP contribution in [0.5, 0.6) is 0 Å². The molecule has 0 rings (SSSR count). The topological polar surface area (TPSA) is 82.8 Å². The van der Waals surface area contributed by atoms with E-state index in [-0.39, 0.29) is 6.61 Å². The predicted octanol–water partition coefficient (Wildman–Crippen LogP) is -0.480. The van der Waals surface area contributed by atoms with Gasteiger partial charge in [-0.25, -0.2) is 0 Å². The van der Waals surface area contributed by atoms with Crippen LogP contribution in [0.25, 0.3) is 0 Å². The molecule has 102 valence electrons. The van der Waals surface area contributed by atoms with E-state index < -0.39 is 11.4 Å². The lowest BCUT2D eigenvalue weighted by Gasteiger charge is -2.24. The Labute approximate surface area is 103 Å². The lowest BCUT2D eigenvalue weighted by molar-refractivity contribution is -0.126. The van der Waals surface area contributed by atoms with Crippen molar-refractivity contribution in [2.75, 3.05) is 47.2 Å². The van der Waals surface area contributed by atoms with Crippen LogP contribution in [0.3, 0.4) is 0 Å². The minimum atomic E-state index is -0.809. The van der Waals surface area contributed by atoms with Gasteiger partial charge in [-0.3, -0.25) is 4.79 Å². The summed E-state index contributed by atoms with van der Waals surface area (Å²) in [6, 6.07) is 0. The SMILES string of the molecule is CNC(C)(COCCCOCCOC)C(N)=O. The van der Waals surface area contributed by atoms with Crippen molar-refractivity contribution in [2.24, 2.45) is 5.73 Å². The molecule has 0 aliphatic rings. The zero-order chi connectivity index (χ0) is 13.1. The first-order valence-electron chi connectivity index (χ1n) is 5.70. The lowest BCUT2D eigenvalue weighted by Crippen LogP contribution is -2.54. The Balaban J connectivity index is 3.47. The van der Waals surface area contributed by atoms with Gasteiger partial charge in [0.25, 0.3) is 0 Å². The summed E-state index contributed by atoms with van der Waals surface area (Å²) in [7, 11) is 3.32. The van der Waals surface area contributed by atoms with Crippen LogP contribution in [-0.4, -0.2) is 58.6 Å². The Kier molecular flexibility index (Phi) is 8.97. The fourth-order valence-electron chi connectivity index (χ4n) is 1.05. The molecule has 1 unspecified atom stereocenters. The van der Waals surface area contributed by atoms with E-state index in [0.717, 1.165) is 6.42 Å². The van der Waals surface area contributed by atoms with E-state index in [9.17, 15) is 4.79 Å². The van der Waals surface area contributed by atoms with Crippen molar-refractivity contribution in [3.63, 3.8) is 0 Å². The zero-order valence-corrected chi connectivity index (χ0v) is 11.0. The van der Waals surface area contributed by atoms with Crippen molar-refractivity contribution < 1.29 is 19.0 Å². The van der Waals surface area contributed by atoms with Gasteiger partial charge >= 0.3 is 0 Å². The van der Waals surface area contributed by atoms with E-state index in [0.29, 0.717) is 26.4 Å². The Bertz CT molecular complexity index is 214. The number of methoxy groups -OCH3 is 1. The van der Waals surface area contributed by atoms with E-state index in [1.165, 1.54) is 0 Å².